The molecule has 0 aromatic heterocycles. The molecule has 0 aromatic rings. The van der Waals surface area contributed by atoms with Crippen LogP contribution in [0, 0.1) is 11.3 Å². The first-order chi connectivity index (χ1) is 9.24. The van der Waals surface area contributed by atoms with E-state index in [1.807, 2.05) is 0 Å². The molecule has 0 amide bonds. The second-order valence-corrected chi connectivity index (χ2v) is 9.00. The Balaban J connectivity index is 1.87. The highest BCUT2D eigenvalue weighted by Gasteiger charge is 2.41. The summed E-state index contributed by atoms with van der Waals surface area (Å²) in [6.45, 7) is 8.78. The Kier molecular flexibility index (Phi) is 4.79. The van der Waals surface area contributed by atoms with E-state index in [9.17, 15) is 8.42 Å². The van der Waals surface area contributed by atoms with Crippen LogP contribution < -0.4 is 5.32 Å². The van der Waals surface area contributed by atoms with Gasteiger partial charge in [0.2, 0.25) is 10.0 Å². The SMILES string of the molecule is CNC1C(CN2CCN(S(C)(=O)=O)CC2)CCC1(C)C. The highest BCUT2D eigenvalue weighted by Crippen LogP contribution is 2.41. The molecule has 1 heterocycles. The van der Waals surface area contributed by atoms with Crippen LogP contribution in [0.5, 0.6) is 0 Å². The topological polar surface area (TPSA) is 52.6 Å². The summed E-state index contributed by atoms with van der Waals surface area (Å²) in [5, 5.41) is 3.49. The molecular formula is C14H29N3O2S. The van der Waals surface area contributed by atoms with Crippen molar-refractivity contribution in [1.82, 2.24) is 14.5 Å². The molecule has 2 atom stereocenters. The molecule has 2 aliphatic rings. The minimum atomic E-state index is -3.02. The number of piperazine rings is 1. The zero-order valence-electron chi connectivity index (χ0n) is 13.2. The summed E-state index contributed by atoms with van der Waals surface area (Å²) in [5.74, 6) is 0.680. The lowest BCUT2D eigenvalue weighted by molar-refractivity contribution is 0.146. The van der Waals surface area contributed by atoms with E-state index in [0.29, 0.717) is 30.5 Å². The van der Waals surface area contributed by atoms with E-state index in [4.69, 9.17) is 0 Å². The quantitative estimate of drug-likeness (QED) is 0.826. The van der Waals surface area contributed by atoms with Crippen LogP contribution in [0.4, 0.5) is 0 Å². The summed E-state index contributed by atoms with van der Waals surface area (Å²) >= 11 is 0. The molecule has 0 bridgehead atoms. The van der Waals surface area contributed by atoms with Gasteiger partial charge in [-0.05, 0) is 31.2 Å². The smallest absolute Gasteiger partial charge is 0.211 e. The van der Waals surface area contributed by atoms with Gasteiger partial charge in [-0.3, -0.25) is 0 Å². The zero-order chi connectivity index (χ0) is 15.0. The summed E-state index contributed by atoms with van der Waals surface area (Å²) < 4.78 is 24.6. The van der Waals surface area contributed by atoms with Gasteiger partial charge in [0.25, 0.3) is 0 Å². The average molecular weight is 303 g/mol. The monoisotopic (exact) mass is 303 g/mol. The van der Waals surface area contributed by atoms with Gasteiger partial charge in [0.05, 0.1) is 6.26 Å². The van der Waals surface area contributed by atoms with Crippen molar-refractivity contribution in [3.8, 4) is 0 Å². The maximum atomic E-state index is 11.5. The van der Waals surface area contributed by atoms with Crippen LogP contribution in [0.25, 0.3) is 0 Å². The summed E-state index contributed by atoms with van der Waals surface area (Å²) in [6.07, 6.45) is 3.84. The Morgan fingerprint density at radius 1 is 1.20 bits per heavy atom. The Morgan fingerprint density at radius 2 is 1.80 bits per heavy atom. The maximum Gasteiger partial charge on any atom is 0.211 e. The predicted octanol–water partition coefficient (Wildman–Crippen LogP) is 0.588. The number of sulfonamides is 1. The first-order valence-corrected chi connectivity index (χ1v) is 9.43. The van der Waals surface area contributed by atoms with E-state index in [-0.39, 0.29) is 0 Å². The number of hydrogen-bond donors (Lipinski definition) is 1. The van der Waals surface area contributed by atoms with E-state index in [1.54, 1.807) is 4.31 Å². The zero-order valence-corrected chi connectivity index (χ0v) is 14.0. The van der Waals surface area contributed by atoms with Gasteiger partial charge in [-0.15, -0.1) is 0 Å². The fourth-order valence-corrected chi connectivity index (χ4v) is 4.74. The molecule has 1 saturated heterocycles. The Labute approximate surface area is 123 Å². The first-order valence-electron chi connectivity index (χ1n) is 7.59. The fourth-order valence-electron chi connectivity index (χ4n) is 3.92. The lowest BCUT2D eigenvalue weighted by Crippen LogP contribution is -2.51. The largest absolute Gasteiger partial charge is 0.316 e. The Morgan fingerprint density at radius 3 is 2.30 bits per heavy atom. The van der Waals surface area contributed by atoms with Crippen LogP contribution in [-0.2, 0) is 10.0 Å². The molecule has 0 radical (unpaired) electrons. The fraction of sp³-hybridized carbons (Fsp3) is 1.00. The summed E-state index contributed by atoms with van der Waals surface area (Å²) in [4.78, 5) is 2.43. The minimum absolute atomic E-state index is 0.369. The van der Waals surface area contributed by atoms with Gasteiger partial charge >= 0.3 is 0 Å². The van der Waals surface area contributed by atoms with Crippen molar-refractivity contribution in [2.45, 2.75) is 32.7 Å². The van der Waals surface area contributed by atoms with Crippen molar-refractivity contribution in [2.24, 2.45) is 11.3 Å². The number of rotatable bonds is 4. The van der Waals surface area contributed by atoms with Gasteiger partial charge in [0, 0.05) is 38.8 Å². The lowest BCUT2D eigenvalue weighted by Gasteiger charge is -2.37. The molecule has 2 unspecified atom stereocenters. The highest BCUT2D eigenvalue weighted by molar-refractivity contribution is 7.88. The minimum Gasteiger partial charge on any atom is -0.316 e. The molecule has 1 saturated carbocycles. The third-order valence-electron chi connectivity index (χ3n) is 5.08. The van der Waals surface area contributed by atoms with E-state index < -0.39 is 10.0 Å². The molecule has 2 rings (SSSR count). The van der Waals surface area contributed by atoms with Gasteiger partial charge in [-0.1, -0.05) is 13.8 Å². The molecular weight excluding hydrogens is 274 g/mol. The normalized spacial score (nSPS) is 32.6. The molecule has 0 aromatic carbocycles. The van der Waals surface area contributed by atoms with Crippen LogP contribution in [-0.4, -0.2) is 69.7 Å². The van der Waals surface area contributed by atoms with E-state index in [0.717, 1.165) is 19.6 Å². The molecule has 118 valence electrons. The highest BCUT2D eigenvalue weighted by atomic mass is 32.2. The standard InChI is InChI=1S/C14H29N3O2S/c1-14(2)6-5-12(13(14)15-3)11-16-7-9-17(10-8-16)20(4,18)19/h12-13,15H,5-11H2,1-4H3. The van der Waals surface area contributed by atoms with E-state index >= 15 is 0 Å². The summed E-state index contributed by atoms with van der Waals surface area (Å²) in [5.41, 5.74) is 0.369. The van der Waals surface area contributed by atoms with Crippen LogP contribution in [0.1, 0.15) is 26.7 Å². The lowest BCUT2D eigenvalue weighted by atomic mass is 9.85. The van der Waals surface area contributed by atoms with Crippen LogP contribution in [0.15, 0.2) is 0 Å². The van der Waals surface area contributed by atoms with Crippen molar-refractivity contribution in [3.05, 3.63) is 0 Å². The predicted molar refractivity (Wildman–Crippen MR) is 82.2 cm³/mol. The summed E-state index contributed by atoms with van der Waals surface area (Å²) in [7, 11) is -0.954. The summed E-state index contributed by atoms with van der Waals surface area (Å²) in [6, 6.07) is 0.565. The van der Waals surface area contributed by atoms with Crippen molar-refractivity contribution < 1.29 is 8.42 Å². The Bertz CT molecular complexity index is 428. The van der Waals surface area contributed by atoms with Gasteiger partial charge < -0.3 is 10.2 Å². The molecule has 0 spiro atoms. The number of nitrogens with zero attached hydrogens (tertiary/aromatic N) is 2. The average Bonchev–Trinajstić information content (AvgIpc) is 2.63. The van der Waals surface area contributed by atoms with Gasteiger partial charge in [0.1, 0.15) is 0 Å². The van der Waals surface area contributed by atoms with Crippen molar-refractivity contribution in [3.63, 3.8) is 0 Å². The van der Waals surface area contributed by atoms with Crippen LogP contribution in [0.3, 0.4) is 0 Å². The molecule has 2 fully saturated rings. The molecule has 1 aliphatic carbocycles. The first kappa shape index (κ1) is 16.2. The van der Waals surface area contributed by atoms with E-state index in [1.165, 1.54) is 19.1 Å². The molecule has 6 heteroatoms. The maximum absolute atomic E-state index is 11.5. The van der Waals surface area contributed by atoms with Crippen molar-refractivity contribution in [2.75, 3.05) is 46.0 Å². The van der Waals surface area contributed by atoms with Crippen molar-refractivity contribution in [1.29, 1.82) is 0 Å². The van der Waals surface area contributed by atoms with E-state index in [2.05, 4.69) is 31.1 Å². The van der Waals surface area contributed by atoms with Gasteiger partial charge in [-0.25, -0.2) is 8.42 Å². The van der Waals surface area contributed by atoms with Crippen LogP contribution >= 0.6 is 0 Å². The molecule has 1 N–H and O–H groups in total. The number of hydrogen-bond acceptors (Lipinski definition) is 4. The third-order valence-corrected chi connectivity index (χ3v) is 6.38. The second kappa shape index (κ2) is 5.91. The van der Waals surface area contributed by atoms with Gasteiger partial charge in [0.15, 0.2) is 0 Å². The Hall–Kier alpha value is -0.170. The molecule has 20 heavy (non-hydrogen) atoms. The number of nitrogens with one attached hydrogen (secondary N) is 1. The van der Waals surface area contributed by atoms with Gasteiger partial charge in [-0.2, -0.15) is 4.31 Å². The second-order valence-electron chi connectivity index (χ2n) is 7.02. The third kappa shape index (κ3) is 3.53. The molecule has 1 aliphatic heterocycles. The molecule has 5 nitrogen and oxygen atoms in total. The van der Waals surface area contributed by atoms with Crippen molar-refractivity contribution >= 4 is 10.0 Å². The van der Waals surface area contributed by atoms with Crippen LogP contribution in [0.2, 0.25) is 0 Å².